The Morgan fingerprint density at radius 2 is 1.95 bits per heavy atom. The molecule has 0 aliphatic rings. The maximum absolute atomic E-state index is 12.2. The normalized spacial score (nSPS) is 11.4. The third kappa shape index (κ3) is 2.63. The SMILES string of the molecule is CCc1cc2c(=O)[nH]c(-c3ccc(C(C)C)cc3)nc2s1. The highest BCUT2D eigenvalue weighted by atomic mass is 32.1. The van der Waals surface area contributed by atoms with E-state index in [2.05, 4.69) is 42.9 Å². The van der Waals surface area contributed by atoms with Gasteiger partial charge in [-0.05, 0) is 24.0 Å². The van der Waals surface area contributed by atoms with E-state index in [0.29, 0.717) is 17.1 Å². The second-order valence-corrected chi connectivity index (χ2v) is 6.59. The zero-order valence-electron chi connectivity index (χ0n) is 12.4. The predicted molar refractivity (Wildman–Crippen MR) is 89.1 cm³/mol. The summed E-state index contributed by atoms with van der Waals surface area (Å²) in [7, 11) is 0. The second kappa shape index (κ2) is 5.45. The number of fused-ring (bicyclic) bond motifs is 1. The van der Waals surface area contributed by atoms with Gasteiger partial charge in [0.05, 0.1) is 5.39 Å². The molecule has 0 aliphatic heterocycles. The van der Waals surface area contributed by atoms with Crippen LogP contribution in [0.3, 0.4) is 0 Å². The topological polar surface area (TPSA) is 45.8 Å². The highest BCUT2D eigenvalue weighted by Gasteiger charge is 2.09. The van der Waals surface area contributed by atoms with Crippen molar-refractivity contribution in [1.29, 1.82) is 0 Å². The van der Waals surface area contributed by atoms with Gasteiger partial charge in [0.1, 0.15) is 10.7 Å². The number of aromatic nitrogens is 2. The Hall–Kier alpha value is -1.94. The number of aryl methyl sites for hydroxylation is 1. The summed E-state index contributed by atoms with van der Waals surface area (Å²) in [6.45, 7) is 6.42. The van der Waals surface area contributed by atoms with Gasteiger partial charge in [-0.1, -0.05) is 45.0 Å². The molecule has 21 heavy (non-hydrogen) atoms. The highest BCUT2D eigenvalue weighted by molar-refractivity contribution is 7.18. The lowest BCUT2D eigenvalue weighted by Gasteiger charge is -2.06. The molecular formula is C17H18N2OS. The lowest BCUT2D eigenvalue weighted by molar-refractivity contribution is 0.867. The molecule has 3 rings (SSSR count). The Bertz CT molecular complexity index is 828. The summed E-state index contributed by atoms with van der Waals surface area (Å²) in [5.41, 5.74) is 2.18. The summed E-state index contributed by atoms with van der Waals surface area (Å²) in [6, 6.07) is 10.2. The van der Waals surface area contributed by atoms with E-state index in [1.165, 1.54) is 10.4 Å². The Morgan fingerprint density at radius 3 is 2.57 bits per heavy atom. The van der Waals surface area contributed by atoms with Crippen molar-refractivity contribution >= 4 is 21.6 Å². The number of benzene rings is 1. The van der Waals surface area contributed by atoms with Crippen molar-refractivity contribution in [1.82, 2.24) is 9.97 Å². The van der Waals surface area contributed by atoms with Crippen LogP contribution in [0.5, 0.6) is 0 Å². The van der Waals surface area contributed by atoms with Crippen LogP contribution in [-0.2, 0) is 6.42 Å². The van der Waals surface area contributed by atoms with Crippen molar-refractivity contribution in [3.05, 3.63) is 51.1 Å². The summed E-state index contributed by atoms with van der Waals surface area (Å²) in [5, 5.41) is 0.694. The standard InChI is InChI=1S/C17H18N2OS/c1-4-13-9-14-16(20)18-15(19-17(14)21-13)12-7-5-11(6-8-12)10(2)3/h5-10H,4H2,1-3H3,(H,18,19,20). The van der Waals surface area contributed by atoms with Gasteiger partial charge in [0, 0.05) is 10.4 Å². The van der Waals surface area contributed by atoms with Crippen molar-refractivity contribution in [2.24, 2.45) is 0 Å². The molecule has 1 aromatic carbocycles. The fraction of sp³-hybridized carbons (Fsp3) is 0.294. The largest absolute Gasteiger partial charge is 0.306 e. The summed E-state index contributed by atoms with van der Waals surface area (Å²) >= 11 is 1.60. The summed E-state index contributed by atoms with van der Waals surface area (Å²) in [6.07, 6.45) is 0.929. The maximum Gasteiger partial charge on any atom is 0.259 e. The molecule has 3 nitrogen and oxygen atoms in total. The molecule has 0 amide bonds. The summed E-state index contributed by atoms with van der Waals surface area (Å²) in [4.78, 5) is 21.7. The zero-order chi connectivity index (χ0) is 15.0. The molecule has 2 aromatic heterocycles. The fourth-order valence-corrected chi connectivity index (χ4v) is 3.29. The Kier molecular flexibility index (Phi) is 3.64. The zero-order valence-corrected chi connectivity index (χ0v) is 13.3. The van der Waals surface area contributed by atoms with Gasteiger partial charge < -0.3 is 4.98 Å². The molecule has 0 unspecified atom stereocenters. The Labute approximate surface area is 127 Å². The highest BCUT2D eigenvalue weighted by Crippen LogP contribution is 2.25. The number of H-pyrrole nitrogens is 1. The first kappa shape index (κ1) is 14.0. The molecule has 0 spiro atoms. The smallest absolute Gasteiger partial charge is 0.259 e. The number of rotatable bonds is 3. The third-order valence-corrected chi connectivity index (χ3v) is 4.83. The van der Waals surface area contributed by atoms with Gasteiger partial charge in [-0.3, -0.25) is 4.79 Å². The summed E-state index contributed by atoms with van der Waals surface area (Å²) in [5.74, 6) is 1.14. The van der Waals surface area contributed by atoms with Crippen molar-refractivity contribution < 1.29 is 0 Å². The molecular weight excluding hydrogens is 280 g/mol. The van der Waals surface area contributed by atoms with Gasteiger partial charge in [0.2, 0.25) is 0 Å². The number of nitrogens with zero attached hydrogens (tertiary/aromatic N) is 1. The predicted octanol–water partition coefficient (Wildman–Crippen LogP) is 4.34. The molecule has 4 heteroatoms. The molecule has 0 bridgehead atoms. The van der Waals surface area contributed by atoms with E-state index in [1.807, 2.05) is 18.2 Å². The second-order valence-electron chi connectivity index (χ2n) is 5.48. The molecule has 0 fully saturated rings. The molecule has 0 atom stereocenters. The van der Waals surface area contributed by atoms with Crippen molar-refractivity contribution in [3.63, 3.8) is 0 Å². The van der Waals surface area contributed by atoms with Gasteiger partial charge in [-0.2, -0.15) is 0 Å². The van der Waals surface area contributed by atoms with Gasteiger partial charge in [-0.15, -0.1) is 11.3 Å². The van der Waals surface area contributed by atoms with E-state index in [1.54, 1.807) is 11.3 Å². The molecule has 0 saturated carbocycles. The lowest BCUT2D eigenvalue weighted by Crippen LogP contribution is -2.07. The van der Waals surface area contributed by atoms with Crippen LogP contribution in [0.4, 0.5) is 0 Å². The Balaban J connectivity index is 2.09. The van der Waals surface area contributed by atoms with E-state index in [9.17, 15) is 4.79 Å². The van der Waals surface area contributed by atoms with Crippen LogP contribution in [0, 0.1) is 0 Å². The van der Waals surface area contributed by atoms with Crippen LogP contribution < -0.4 is 5.56 Å². The van der Waals surface area contributed by atoms with Crippen molar-refractivity contribution in [2.75, 3.05) is 0 Å². The van der Waals surface area contributed by atoms with E-state index >= 15 is 0 Å². The van der Waals surface area contributed by atoms with Crippen molar-refractivity contribution in [3.8, 4) is 11.4 Å². The quantitative estimate of drug-likeness (QED) is 0.782. The first-order valence-electron chi connectivity index (χ1n) is 7.21. The summed E-state index contributed by atoms with van der Waals surface area (Å²) < 4.78 is 0. The third-order valence-electron chi connectivity index (χ3n) is 3.65. The van der Waals surface area contributed by atoms with Gasteiger partial charge in [0.25, 0.3) is 5.56 Å². The number of aromatic amines is 1. The average molecular weight is 298 g/mol. The van der Waals surface area contributed by atoms with Crippen LogP contribution in [-0.4, -0.2) is 9.97 Å². The van der Waals surface area contributed by atoms with E-state index < -0.39 is 0 Å². The van der Waals surface area contributed by atoms with E-state index in [0.717, 1.165) is 16.8 Å². The molecule has 3 aromatic rings. The molecule has 2 heterocycles. The van der Waals surface area contributed by atoms with Crippen LogP contribution in [0.25, 0.3) is 21.6 Å². The molecule has 1 N–H and O–H groups in total. The number of hydrogen-bond acceptors (Lipinski definition) is 3. The van der Waals surface area contributed by atoms with E-state index in [4.69, 9.17) is 0 Å². The van der Waals surface area contributed by atoms with Crippen molar-refractivity contribution in [2.45, 2.75) is 33.1 Å². The average Bonchev–Trinajstić information content (AvgIpc) is 2.91. The number of thiophene rings is 1. The minimum absolute atomic E-state index is 0.0566. The molecule has 0 aliphatic carbocycles. The minimum atomic E-state index is -0.0566. The molecule has 0 radical (unpaired) electrons. The monoisotopic (exact) mass is 298 g/mol. The van der Waals surface area contributed by atoms with Crippen LogP contribution in [0.2, 0.25) is 0 Å². The van der Waals surface area contributed by atoms with E-state index in [-0.39, 0.29) is 5.56 Å². The molecule has 0 saturated heterocycles. The number of nitrogens with one attached hydrogen (secondary N) is 1. The fourth-order valence-electron chi connectivity index (χ4n) is 2.32. The van der Waals surface area contributed by atoms with Gasteiger partial charge in [-0.25, -0.2) is 4.98 Å². The maximum atomic E-state index is 12.2. The van der Waals surface area contributed by atoms with Gasteiger partial charge in [0.15, 0.2) is 0 Å². The lowest BCUT2D eigenvalue weighted by atomic mass is 10.0. The minimum Gasteiger partial charge on any atom is -0.306 e. The number of hydrogen-bond donors (Lipinski definition) is 1. The van der Waals surface area contributed by atoms with Gasteiger partial charge >= 0.3 is 0 Å². The van der Waals surface area contributed by atoms with Crippen LogP contribution in [0.1, 0.15) is 37.1 Å². The Morgan fingerprint density at radius 1 is 1.24 bits per heavy atom. The first-order chi connectivity index (χ1) is 10.1. The molecule has 108 valence electrons. The van der Waals surface area contributed by atoms with Crippen LogP contribution >= 0.6 is 11.3 Å². The first-order valence-corrected chi connectivity index (χ1v) is 8.03. The van der Waals surface area contributed by atoms with Crippen LogP contribution in [0.15, 0.2) is 35.1 Å².